The minimum atomic E-state index is 0.00389. The lowest BCUT2D eigenvalue weighted by Gasteiger charge is -2.03. The largest absolute Gasteiger partial charge is 0.505 e. The highest BCUT2D eigenvalue weighted by Gasteiger charge is 2.12. The summed E-state index contributed by atoms with van der Waals surface area (Å²) in [6.07, 6.45) is 1.41. The number of fused-ring (bicyclic) bond motifs is 1. The number of rotatable bonds is 0. The Morgan fingerprint density at radius 2 is 2.23 bits per heavy atom. The lowest BCUT2D eigenvalue weighted by molar-refractivity contribution is 0.160. The molecule has 0 saturated carbocycles. The molecule has 0 unspecified atom stereocenters. The van der Waals surface area contributed by atoms with Crippen molar-refractivity contribution in [2.45, 2.75) is 6.92 Å². The Kier molecular flexibility index (Phi) is 1.36. The van der Waals surface area contributed by atoms with Crippen LogP contribution in [0.4, 0.5) is 5.69 Å². The van der Waals surface area contributed by atoms with Crippen molar-refractivity contribution in [1.82, 2.24) is 9.94 Å². The molecule has 0 radical (unpaired) electrons. The minimum Gasteiger partial charge on any atom is -0.505 e. The number of benzene rings is 1. The van der Waals surface area contributed by atoms with Gasteiger partial charge < -0.3 is 16.0 Å². The van der Waals surface area contributed by atoms with Gasteiger partial charge >= 0.3 is 0 Å². The monoisotopic (exact) mass is 179 g/mol. The standard InChI is InChI=1S/C8H9N3O2/c1-4-2-6(9)5-3-10-11(13)7(5)8(4)12/h2-3,12-13H,9H2,1H3. The molecule has 1 heterocycles. The minimum absolute atomic E-state index is 0.00389. The van der Waals surface area contributed by atoms with Crippen LogP contribution < -0.4 is 5.73 Å². The van der Waals surface area contributed by atoms with E-state index in [1.54, 1.807) is 13.0 Å². The summed E-state index contributed by atoms with van der Waals surface area (Å²) in [6.45, 7) is 1.71. The van der Waals surface area contributed by atoms with Crippen LogP contribution in [0.1, 0.15) is 5.56 Å². The first-order chi connectivity index (χ1) is 6.11. The predicted octanol–water partition coefficient (Wildman–Crippen LogP) is 0.870. The normalized spacial score (nSPS) is 10.8. The summed E-state index contributed by atoms with van der Waals surface area (Å²) < 4.78 is 0. The van der Waals surface area contributed by atoms with E-state index in [-0.39, 0.29) is 11.3 Å². The maximum absolute atomic E-state index is 9.58. The van der Waals surface area contributed by atoms with E-state index in [4.69, 9.17) is 5.73 Å². The Morgan fingerprint density at radius 3 is 2.92 bits per heavy atom. The molecule has 2 rings (SSSR count). The van der Waals surface area contributed by atoms with Gasteiger partial charge in [-0.1, -0.05) is 4.85 Å². The fourth-order valence-electron chi connectivity index (χ4n) is 1.34. The van der Waals surface area contributed by atoms with E-state index in [2.05, 4.69) is 5.10 Å². The number of aromatic hydroxyl groups is 1. The number of phenols is 1. The summed E-state index contributed by atoms with van der Waals surface area (Å²) in [5, 5.41) is 22.9. The maximum Gasteiger partial charge on any atom is 0.154 e. The lowest BCUT2D eigenvalue weighted by atomic mass is 10.1. The van der Waals surface area contributed by atoms with Crippen molar-refractivity contribution in [3.63, 3.8) is 0 Å². The first-order valence-electron chi connectivity index (χ1n) is 3.76. The van der Waals surface area contributed by atoms with Crippen LogP contribution in [-0.4, -0.2) is 20.3 Å². The van der Waals surface area contributed by atoms with Gasteiger partial charge in [0.15, 0.2) is 5.52 Å². The van der Waals surface area contributed by atoms with Gasteiger partial charge in [-0.05, 0) is 18.6 Å². The number of nitrogens with zero attached hydrogens (tertiary/aromatic N) is 2. The van der Waals surface area contributed by atoms with Crippen LogP contribution >= 0.6 is 0 Å². The number of hydrogen-bond donors (Lipinski definition) is 3. The van der Waals surface area contributed by atoms with Crippen molar-refractivity contribution in [2.75, 3.05) is 5.73 Å². The van der Waals surface area contributed by atoms with Gasteiger partial charge in [-0.3, -0.25) is 0 Å². The maximum atomic E-state index is 9.58. The first kappa shape index (κ1) is 7.72. The Balaban J connectivity index is 3.00. The van der Waals surface area contributed by atoms with Crippen molar-refractivity contribution in [2.24, 2.45) is 0 Å². The fourth-order valence-corrected chi connectivity index (χ4v) is 1.34. The highest BCUT2D eigenvalue weighted by Crippen LogP contribution is 2.31. The number of nitrogen functional groups attached to an aromatic ring is 1. The van der Waals surface area contributed by atoms with E-state index in [1.165, 1.54) is 6.20 Å². The van der Waals surface area contributed by atoms with Gasteiger partial charge in [0, 0.05) is 5.69 Å². The second-order valence-corrected chi connectivity index (χ2v) is 2.93. The molecule has 2 aromatic rings. The summed E-state index contributed by atoms with van der Waals surface area (Å²) in [7, 11) is 0. The average molecular weight is 179 g/mol. The zero-order valence-corrected chi connectivity index (χ0v) is 7.02. The molecule has 4 N–H and O–H groups in total. The Bertz CT molecular complexity index is 476. The molecule has 0 amide bonds. The number of aryl methyl sites for hydroxylation is 1. The quantitative estimate of drug-likeness (QED) is 0.318. The number of anilines is 1. The van der Waals surface area contributed by atoms with Crippen molar-refractivity contribution in [3.05, 3.63) is 17.8 Å². The third kappa shape index (κ3) is 0.900. The summed E-state index contributed by atoms with van der Waals surface area (Å²) in [5.74, 6) is 0.00389. The van der Waals surface area contributed by atoms with Gasteiger partial charge in [-0.15, -0.1) is 5.10 Å². The number of hydrogen-bond acceptors (Lipinski definition) is 4. The summed E-state index contributed by atoms with van der Waals surface area (Å²) in [5.41, 5.74) is 7.01. The molecular formula is C8H9N3O2. The second-order valence-electron chi connectivity index (χ2n) is 2.93. The topological polar surface area (TPSA) is 84.3 Å². The van der Waals surface area contributed by atoms with Crippen LogP contribution in [0.2, 0.25) is 0 Å². The molecule has 0 saturated heterocycles. The predicted molar refractivity (Wildman–Crippen MR) is 47.7 cm³/mol. The molecule has 0 aliphatic rings. The van der Waals surface area contributed by atoms with Crippen LogP contribution in [-0.2, 0) is 0 Å². The Labute approximate surface area is 74.0 Å². The van der Waals surface area contributed by atoms with E-state index >= 15 is 0 Å². The van der Waals surface area contributed by atoms with Gasteiger partial charge in [-0.25, -0.2) is 0 Å². The zero-order chi connectivity index (χ0) is 9.59. The van der Waals surface area contributed by atoms with Crippen molar-refractivity contribution >= 4 is 16.6 Å². The highest BCUT2D eigenvalue weighted by atomic mass is 16.5. The fraction of sp³-hybridized carbons (Fsp3) is 0.125. The van der Waals surface area contributed by atoms with Gasteiger partial charge in [-0.2, -0.15) is 0 Å². The number of phenolic OH excluding ortho intramolecular Hbond substituents is 1. The molecule has 0 atom stereocenters. The van der Waals surface area contributed by atoms with Crippen molar-refractivity contribution in [1.29, 1.82) is 0 Å². The van der Waals surface area contributed by atoms with Gasteiger partial charge in [0.05, 0.1) is 11.6 Å². The Morgan fingerprint density at radius 1 is 1.54 bits per heavy atom. The van der Waals surface area contributed by atoms with Crippen LogP contribution in [0.3, 0.4) is 0 Å². The molecule has 0 aliphatic heterocycles. The summed E-state index contributed by atoms with van der Waals surface area (Å²) >= 11 is 0. The summed E-state index contributed by atoms with van der Waals surface area (Å²) in [6, 6.07) is 1.64. The Hall–Kier alpha value is -1.91. The molecule has 13 heavy (non-hydrogen) atoms. The molecule has 1 aromatic carbocycles. The molecular weight excluding hydrogens is 170 g/mol. The van der Waals surface area contributed by atoms with E-state index in [9.17, 15) is 10.3 Å². The van der Waals surface area contributed by atoms with E-state index < -0.39 is 0 Å². The molecule has 0 fully saturated rings. The van der Waals surface area contributed by atoms with E-state index in [1.807, 2.05) is 0 Å². The average Bonchev–Trinajstić information content (AvgIpc) is 2.44. The molecule has 1 aromatic heterocycles. The molecule has 0 spiro atoms. The first-order valence-corrected chi connectivity index (χ1v) is 3.76. The van der Waals surface area contributed by atoms with Crippen molar-refractivity contribution < 1.29 is 10.3 Å². The number of nitrogens with two attached hydrogens (primary N) is 1. The zero-order valence-electron chi connectivity index (χ0n) is 7.02. The van der Waals surface area contributed by atoms with Gasteiger partial charge in [0.1, 0.15) is 5.75 Å². The number of aromatic nitrogens is 2. The van der Waals surface area contributed by atoms with Crippen LogP contribution in [0, 0.1) is 6.92 Å². The molecule has 5 nitrogen and oxygen atoms in total. The highest BCUT2D eigenvalue weighted by molar-refractivity contribution is 5.95. The smallest absolute Gasteiger partial charge is 0.154 e. The lowest BCUT2D eigenvalue weighted by Crippen LogP contribution is -1.94. The second kappa shape index (κ2) is 2.29. The third-order valence-corrected chi connectivity index (χ3v) is 2.03. The summed E-state index contributed by atoms with van der Waals surface area (Å²) in [4.78, 5) is 0.619. The van der Waals surface area contributed by atoms with Gasteiger partial charge in [0.25, 0.3) is 0 Å². The molecule has 0 bridgehead atoms. The van der Waals surface area contributed by atoms with E-state index in [0.717, 1.165) is 0 Å². The van der Waals surface area contributed by atoms with Crippen LogP contribution in [0.25, 0.3) is 10.9 Å². The van der Waals surface area contributed by atoms with Crippen LogP contribution in [0.5, 0.6) is 5.75 Å². The third-order valence-electron chi connectivity index (χ3n) is 2.03. The van der Waals surface area contributed by atoms with Gasteiger partial charge in [0.2, 0.25) is 0 Å². The van der Waals surface area contributed by atoms with E-state index in [0.29, 0.717) is 21.5 Å². The molecule has 5 heteroatoms. The van der Waals surface area contributed by atoms with Crippen LogP contribution in [0.15, 0.2) is 12.3 Å². The SMILES string of the molecule is Cc1cc(N)c2cnn(O)c2c1O. The van der Waals surface area contributed by atoms with Crippen molar-refractivity contribution in [3.8, 4) is 5.75 Å². The molecule has 68 valence electrons. The molecule has 0 aliphatic carbocycles.